The van der Waals surface area contributed by atoms with Crippen LogP contribution in [0.3, 0.4) is 0 Å². The Hall–Kier alpha value is -2.37. The Morgan fingerprint density at radius 2 is 2.38 bits per heavy atom. The van der Waals surface area contributed by atoms with E-state index < -0.39 is 0 Å². The highest BCUT2D eigenvalue weighted by atomic mass is 16.3. The number of rotatable bonds is 4. The smallest absolute Gasteiger partial charge is 0.242 e. The van der Waals surface area contributed by atoms with E-state index in [-0.39, 0.29) is 17.9 Å². The molecule has 1 fully saturated rings. The Morgan fingerprint density at radius 1 is 1.52 bits per heavy atom. The van der Waals surface area contributed by atoms with Crippen LogP contribution in [0, 0.1) is 6.92 Å². The van der Waals surface area contributed by atoms with Crippen LogP contribution in [-0.2, 0) is 16.0 Å². The average Bonchev–Trinajstić information content (AvgIpc) is 3.03. The topological polar surface area (TPSA) is 84.2 Å². The first-order valence-corrected chi connectivity index (χ1v) is 7.05. The van der Waals surface area contributed by atoms with Gasteiger partial charge in [-0.3, -0.25) is 9.59 Å². The molecule has 2 N–H and O–H groups in total. The third kappa shape index (κ3) is 3.04. The summed E-state index contributed by atoms with van der Waals surface area (Å²) in [5, 5.41) is 5.50. The number of aryl methyl sites for hydroxylation is 1. The largest absolute Gasteiger partial charge is 0.441 e. The van der Waals surface area contributed by atoms with E-state index in [1.807, 2.05) is 25.1 Å². The number of amides is 2. The second-order valence-electron chi connectivity index (χ2n) is 5.23. The molecule has 2 heterocycles. The van der Waals surface area contributed by atoms with Gasteiger partial charge in [0.05, 0.1) is 0 Å². The highest BCUT2D eigenvalue weighted by Crippen LogP contribution is 2.17. The monoisotopic (exact) mass is 287 g/mol. The average molecular weight is 287 g/mol. The highest BCUT2D eigenvalue weighted by molar-refractivity contribution is 5.90. The predicted molar refractivity (Wildman–Crippen MR) is 76.6 cm³/mol. The predicted octanol–water partition coefficient (Wildman–Crippen LogP) is 1.07. The van der Waals surface area contributed by atoms with Crippen molar-refractivity contribution >= 4 is 22.9 Å². The fourth-order valence-electron chi connectivity index (χ4n) is 2.50. The lowest BCUT2D eigenvalue weighted by atomic mass is 10.1. The molecule has 21 heavy (non-hydrogen) atoms. The fraction of sp³-hybridized carbons (Fsp3) is 0.400. The van der Waals surface area contributed by atoms with Crippen molar-refractivity contribution < 1.29 is 14.0 Å². The SMILES string of the molecule is Cc1nc2ccc(CCNC(=O)C3CCC(=O)N3)cc2o1. The van der Waals surface area contributed by atoms with E-state index in [1.165, 1.54) is 0 Å². The summed E-state index contributed by atoms with van der Waals surface area (Å²) in [6.45, 7) is 2.35. The Bertz CT molecular complexity index is 693. The Labute approximate surface area is 121 Å². The molecule has 1 aromatic carbocycles. The Morgan fingerprint density at radius 3 is 3.14 bits per heavy atom. The van der Waals surface area contributed by atoms with Crippen LogP contribution in [0.25, 0.3) is 11.1 Å². The molecular weight excluding hydrogens is 270 g/mol. The summed E-state index contributed by atoms with van der Waals surface area (Å²) < 4.78 is 5.48. The number of benzene rings is 1. The first-order chi connectivity index (χ1) is 10.1. The molecule has 1 aliphatic heterocycles. The van der Waals surface area contributed by atoms with Gasteiger partial charge in [-0.1, -0.05) is 6.07 Å². The van der Waals surface area contributed by atoms with Gasteiger partial charge >= 0.3 is 0 Å². The van der Waals surface area contributed by atoms with Crippen LogP contribution in [-0.4, -0.2) is 29.4 Å². The van der Waals surface area contributed by atoms with Gasteiger partial charge in [0.25, 0.3) is 0 Å². The lowest BCUT2D eigenvalue weighted by Gasteiger charge is -2.10. The first kappa shape index (κ1) is 13.6. The maximum absolute atomic E-state index is 11.8. The zero-order valence-electron chi connectivity index (χ0n) is 11.8. The summed E-state index contributed by atoms with van der Waals surface area (Å²) >= 11 is 0. The van der Waals surface area contributed by atoms with Crippen molar-refractivity contribution in [2.24, 2.45) is 0 Å². The van der Waals surface area contributed by atoms with E-state index in [0.29, 0.717) is 31.7 Å². The fourth-order valence-corrected chi connectivity index (χ4v) is 2.50. The molecule has 2 amide bonds. The highest BCUT2D eigenvalue weighted by Gasteiger charge is 2.26. The minimum Gasteiger partial charge on any atom is -0.441 e. The summed E-state index contributed by atoms with van der Waals surface area (Å²) in [6.07, 6.45) is 1.72. The normalized spacial score (nSPS) is 18.0. The summed E-state index contributed by atoms with van der Waals surface area (Å²) in [4.78, 5) is 27.2. The number of aromatic nitrogens is 1. The molecule has 1 saturated heterocycles. The van der Waals surface area contributed by atoms with Crippen LogP contribution >= 0.6 is 0 Å². The standard InChI is InChI=1S/C15H17N3O3/c1-9-17-11-3-2-10(8-13(11)21-9)6-7-16-15(20)12-4-5-14(19)18-12/h2-3,8,12H,4-7H2,1H3,(H,16,20)(H,18,19). The molecule has 1 aromatic heterocycles. The number of carbonyl (C=O) groups is 2. The molecule has 2 aromatic rings. The Kier molecular flexibility index (Phi) is 3.60. The molecule has 0 saturated carbocycles. The third-order valence-electron chi connectivity index (χ3n) is 3.58. The quantitative estimate of drug-likeness (QED) is 0.881. The zero-order valence-corrected chi connectivity index (χ0v) is 11.8. The number of fused-ring (bicyclic) bond motifs is 1. The van der Waals surface area contributed by atoms with Crippen LogP contribution in [0.5, 0.6) is 0 Å². The van der Waals surface area contributed by atoms with Crippen LogP contribution in [0.2, 0.25) is 0 Å². The number of hydrogen-bond acceptors (Lipinski definition) is 4. The number of oxazole rings is 1. The maximum atomic E-state index is 11.8. The minimum atomic E-state index is -0.378. The van der Waals surface area contributed by atoms with E-state index in [2.05, 4.69) is 15.6 Å². The van der Waals surface area contributed by atoms with Crippen molar-refractivity contribution in [3.8, 4) is 0 Å². The van der Waals surface area contributed by atoms with Gasteiger partial charge in [0.2, 0.25) is 11.8 Å². The van der Waals surface area contributed by atoms with Crippen molar-refractivity contribution in [2.45, 2.75) is 32.2 Å². The van der Waals surface area contributed by atoms with E-state index in [4.69, 9.17) is 4.42 Å². The van der Waals surface area contributed by atoms with E-state index >= 15 is 0 Å². The molecule has 110 valence electrons. The molecule has 0 spiro atoms. The molecule has 6 heteroatoms. The van der Waals surface area contributed by atoms with Gasteiger partial charge in [-0.15, -0.1) is 0 Å². The summed E-state index contributed by atoms with van der Waals surface area (Å²) in [5.41, 5.74) is 2.68. The summed E-state index contributed by atoms with van der Waals surface area (Å²) in [7, 11) is 0. The van der Waals surface area contributed by atoms with Gasteiger partial charge < -0.3 is 15.1 Å². The van der Waals surface area contributed by atoms with Gasteiger partial charge in [0, 0.05) is 19.9 Å². The van der Waals surface area contributed by atoms with Gasteiger partial charge in [-0.2, -0.15) is 0 Å². The molecule has 0 bridgehead atoms. The molecule has 0 aliphatic carbocycles. The molecule has 0 radical (unpaired) electrons. The van der Waals surface area contributed by atoms with Crippen molar-refractivity contribution in [3.05, 3.63) is 29.7 Å². The van der Waals surface area contributed by atoms with Gasteiger partial charge in [-0.05, 0) is 30.5 Å². The lowest BCUT2D eigenvalue weighted by Crippen LogP contribution is -2.42. The van der Waals surface area contributed by atoms with Gasteiger partial charge in [0.1, 0.15) is 11.6 Å². The molecule has 1 atom stereocenters. The Balaban J connectivity index is 1.54. The number of carbonyl (C=O) groups excluding carboxylic acids is 2. The van der Waals surface area contributed by atoms with Crippen LogP contribution in [0.1, 0.15) is 24.3 Å². The summed E-state index contributed by atoms with van der Waals surface area (Å²) in [6, 6.07) is 5.46. The van der Waals surface area contributed by atoms with Crippen molar-refractivity contribution in [2.75, 3.05) is 6.54 Å². The van der Waals surface area contributed by atoms with Crippen molar-refractivity contribution in [3.63, 3.8) is 0 Å². The molecule has 1 unspecified atom stereocenters. The van der Waals surface area contributed by atoms with E-state index in [1.54, 1.807) is 0 Å². The van der Waals surface area contributed by atoms with Crippen LogP contribution < -0.4 is 10.6 Å². The second kappa shape index (κ2) is 5.55. The third-order valence-corrected chi connectivity index (χ3v) is 3.58. The zero-order chi connectivity index (χ0) is 14.8. The van der Waals surface area contributed by atoms with Crippen LogP contribution in [0.4, 0.5) is 0 Å². The maximum Gasteiger partial charge on any atom is 0.242 e. The second-order valence-corrected chi connectivity index (χ2v) is 5.23. The van der Waals surface area contributed by atoms with Gasteiger partial charge in [0.15, 0.2) is 11.5 Å². The molecule has 1 aliphatic rings. The lowest BCUT2D eigenvalue weighted by molar-refractivity contribution is -0.125. The number of hydrogen-bond donors (Lipinski definition) is 2. The van der Waals surface area contributed by atoms with Crippen LogP contribution in [0.15, 0.2) is 22.6 Å². The first-order valence-electron chi connectivity index (χ1n) is 7.05. The number of nitrogens with zero attached hydrogens (tertiary/aromatic N) is 1. The molecule has 6 nitrogen and oxygen atoms in total. The molecular formula is C15H17N3O3. The van der Waals surface area contributed by atoms with Gasteiger partial charge in [-0.25, -0.2) is 4.98 Å². The minimum absolute atomic E-state index is 0.0544. The molecule has 3 rings (SSSR count). The van der Waals surface area contributed by atoms with Crippen molar-refractivity contribution in [1.82, 2.24) is 15.6 Å². The van der Waals surface area contributed by atoms with Crippen molar-refractivity contribution in [1.29, 1.82) is 0 Å². The van der Waals surface area contributed by atoms with E-state index in [9.17, 15) is 9.59 Å². The number of nitrogens with one attached hydrogen (secondary N) is 2. The summed E-state index contributed by atoms with van der Waals surface area (Å²) in [5.74, 6) is 0.478. The van der Waals surface area contributed by atoms with E-state index in [0.717, 1.165) is 16.7 Å².